The summed E-state index contributed by atoms with van der Waals surface area (Å²) in [5, 5.41) is 6.17. The molecule has 0 aliphatic rings. The molecule has 0 unspecified atom stereocenters. The Labute approximate surface area is 165 Å². The number of aromatic nitrogens is 1. The van der Waals surface area contributed by atoms with Crippen LogP contribution < -0.4 is 14.8 Å². The fraction of sp³-hybridized carbons (Fsp3) is 0.158. The lowest BCUT2D eigenvalue weighted by Crippen LogP contribution is -2.15. The Morgan fingerprint density at radius 1 is 1.19 bits per heavy atom. The Balaban J connectivity index is 1.46. The van der Waals surface area contributed by atoms with Gasteiger partial charge in [0.1, 0.15) is 18.1 Å². The highest BCUT2D eigenvalue weighted by molar-refractivity contribution is 7.13. The smallest absolute Gasteiger partial charge is 0.344 e. The van der Waals surface area contributed by atoms with Crippen molar-refractivity contribution < 1.29 is 19.0 Å². The number of thiazole rings is 1. The summed E-state index contributed by atoms with van der Waals surface area (Å²) in [6.07, 6.45) is 0. The van der Waals surface area contributed by atoms with Crippen LogP contribution in [0.5, 0.6) is 11.5 Å². The third-order valence-corrected chi connectivity index (χ3v) is 4.58. The van der Waals surface area contributed by atoms with Gasteiger partial charge in [-0.2, -0.15) is 0 Å². The van der Waals surface area contributed by atoms with E-state index in [1.807, 2.05) is 29.6 Å². The lowest BCUT2D eigenvalue weighted by Gasteiger charge is -2.07. The van der Waals surface area contributed by atoms with E-state index in [0.717, 1.165) is 11.4 Å². The van der Waals surface area contributed by atoms with Crippen LogP contribution in [0.25, 0.3) is 0 Å². The first-order valence-electron chi connectivity index (χ1n) is 8.02. The van der Waals surface area contributed by atoms with Gasteiger partial charge < -0.3 is 19.5 Å². The first-order chi connectivity index (χ1) is 13.1. The number of carbonyl (C=O) groups excluding carboxylic acids is 1. The standard InChI is InChI=1S/C19H17ClN2O4S/c1-24-15-8-6-13(7-9-15)21-19-22-14(12-27-19)10-26-18(23)11-25-17-5-3-2-4-16(17)20/h2-9,12H,10-11H2,1H3,(H,21,22). The highest BCUT2D eigenvalue weighted by Crippen LogP contribution is 2.24. The second kappa shape index (κ2) is 9.25. The van der Waals surface area contributed by atoms with Gasteiger partial charge in [-0.3, -0.25) is 0 Å². The maximum atomic E-state index is 11.8. The van der Waals surface area contributed by atoms with Crippen molar-refractivity contribution in [1.29, 1.82) is 0 Å². The number of benzene rings is 2. The monoisotopic (exact) mass is 404 g/mol. The largest absolute Gasteiger partial charge is 0.497 e. The van der Waals surface area contributed by atoms with Crippen LogP contribution in [0.3, 0.4) is 0 Å². The molecule has 27 heavy (non-hydrogen) atoms. The molecule has 1 N–H and O–H groups in total. The molecule has 0 spiro atoms. The van der Waals surface area contributed by atoms with E-state index >= 15 is 0 Å². The minimum atomic E-state index is -0.493. The summed E-state index contributed by atoms with van der Waals surface area (Å²) >= 11 is 7.39. The lowest BCUT2D eigenvalue weighted by molar-refractivity contribution is -0.147. The number of methoxy groups -OCH3 is 1. The van der Waals surface area contributed by atoms with E-state index in [2.05, 4.69) is 10.3 Å². The highest BCUT2D eigenvalue weighted by Gasteiger charge is 2.09. The first kappa shape index (κ1) is 19.0. The van der Waals surface area contributed by atoms with Gasteiger partial charge in [-0.15, -0.1) is 11.3 Å². The van der Waals surface area contributed by atoms with Crippen LogP contribution in [0, 0.1) is 0 Å². The Bertz CT molecular complexity index is 899. The SMILES string of the molecule is COc1ccc(Nc2nc(COC(=O)COc3ccccc3Cl)cs2)cc1. The normalized spacial score (nSPS) is 10.3. The van der Waals surface area contributed by atoms with E-state index in [0.29, 0.717) is 21.6 Å². The third-order valence-electron chi connectivity index (χ3n) is 3.46. The number of para-hydroxylation sites is 1. The van der Waals surface area contributed by atoms with Gasteiger partial charge in [-0.25, -0.2) is 9.78 Å². The Morgan fingerprint density at radius 3 is 2.70 bits per heavy atom. The number of nitrogens with one attached hydrogen (secondary N) is 1. The number of anilines is 2. The zero-order chi connectivity index (χ0) is 19.1. The predicted molar refractivity (Wildman–Crippen MR) is 105 cm³/mol. The van der Waals surface area contributed by atoms with Crippen molar-refractivity contribution in [2.45, 2.75) is 6.61 Å². The number of ether oxygens (including phenoxy) is 3. The molecule has 0 atom stereocenters. The Hall–Kier alpha value is -2.77. The van der Waals surface area contributed by atoms with Gasteiger partial charge in [0.15, 0.2) is 11.7 Å². The molecule has 6 nitrogen and oxygen atoms in total. The molecule has 140 valence electrons. The van der Waals surface area contributed by atoms with E-state index in [9.17, 15) is 4.79 Å². The zero-order valence-electron chi connectivity index (χ0n) is 14.5. The molecule has 0 amide bonds. The second-order valence-electron chi connectivity index (χ2n) is 5.38. The van der Waals surface area contributed by atoms with Gasteiger partial charge in [-0.05, 0) is 36.4 Å². The van der Waals surface area contributed by atoms with Crippen molar-refractivity contribution in [3.8, 4) is 11.5 Å². The molecule has 1 heterocycles. The van der Waals surface area contributed by atoms with Crippen molar-refractivity contribution in [1.82, 2.24) is 4.98 Å². The van der Waals surface area contributed by atoms with Crippen molar-refractivity contribution >= 4 is 39.7 Å². The topological polar surface area (TPSA) is 69.7 Å². The molecule has 0 aliphatic carbocycles. The number of rotatable bonds is 8. The molecule has 2 aromatic carbocycles. The van der Waals surface area contributed by atoms with Gasteiger partial charge in [-0.1, -0.05) is 23.7 Å². The molecule has 1 aromatic heterocycles. The first-order valence-corrected chi connectivity index (χ1v) is 9.28. The van der Waals surface area contributed by atoms with Crippen LogP contribution >= 0.6 is 22.9 Å². The van der Waals surface area contributed by atoms with Crippen LogP contribution in [-0.2, 0) is 16.1 Å². The molecular weight excluding hydrogens is 388 g/mol. The van der Waals surface area contributed by atoms with E-state index in [4.69, 9.17) is 25.8 Å². The van der Waals surface area contributed by atoms with Crippen LogP contribution in [0.2, 0.25) is 5.02 Å². The summed E-state index contributed by atoms with van der Waals surface area (Å²) in [6.45, 7) is -0.143. The number of hydrogen-bond acceptors (Lipinski definition) is 7. The maximum absolute atomic E-state index is 11.8. The number of carbonyl (C=O) groups is 1. The minimum absolute atomic E-state index is 0.0749. The molecular formula is C19H17ClN2O4S. The molecule has 0 bridgehead atoms. The lowest BCUT2D eigenvalue weighted by atomic mass is 10.3. The minimum Gasteiger partial charge on any atom is -0.497 e. The molecule has 0 fully saturated rings. The number of esters is 1. The second-order valence-corrected chi connectivity index (χ2v) is 6.64. The van der Waals surface area contributed by atoms with Gasteiger partial charge in [0.25, 0.3) is 0 Å². The summed E-state index contributed by atoms with van der Waals surface area (Å²) in [6, 6.07) is 14.4. The summed E-state index contributed by atoms with van der Waals surface area (Å²) in [5.74, 6) is 0.731. The molecule has 8 heteroatoms. The number of nitrogens with zero attached hydrogens (tertiary/aromatic N) is 1. The highest BCUT2D eigenvalue weighted by atomic mass is 35.5. The summed E-state index contributed by atoms with van der Waals surface area (Å²) in [7, 11) is 1.62. The summed E-state index contributed by atoms with van der Waals surface area (Å²) in [4.78, 5) is 16.2. The van der Waals surface area contributed by atoms with Crippen molar-refractivity contribution in [2.75, 3.05) is 19.0 Å². The molecule has 0 aliphatic heterocycles. The van der Waals surface area contributed by atoms with Gasteiger partial charge >= 0.3 is 5.97 Å². The van der Waals surface area contributed by atoms with Crippen LogP contribution in [-0.4, -0.2) is 24.7 Å². The van der Waals surface area contributed by atoms with E-state index in [-0.39, 0.29) is 13.2 Å². The van der Waals surface area contributed by atoms with Crippen molar-refractivity contribution in [2.24, 2.45) is 0 Å². The molecule has 0 saturated carbocycles. The van der Waals surface area contributed by atoms with Crippen LogP contribution in [0.15, 0.2) is 53.9 Å². The van der Waals surface area contributed by atoms with E-state index in [1.54, 1.807) is 31.4 Å². The molecule has 3 rings (SSSR count). The van der Waals surface area contributed by atoms with Gasteiger partial charge in [0.2, 0.25) is 0 Å². The van der Waals surface area contributed by atoms with E-state index < -0.39 is 5.97 Å². The quantitative estimate of drug-likeness (QED) is 0.550. The number of hydrogen-bond donors (Lipinski definition) is 1. The van der Waals surface area contributed by atoms with Crippen molar-refractivity contribution in [3.63, 3.8) is 0 Å². The van der Waals surface area contributed by atoms with Crippen molar-refractivity contribution in [3.05, 3.63) is 64.6 Å². The average molecular weight is 405 g/mol. The molecule has 0 radical (unpaired) electrons. The Kier molecular flexibility index (Phi) is 6.51. The average Bonchev–Trinajstić information content (AvgIpc) is 3.13. The molecule has 0 saturated heterocycles. The van der Waals surface area contributed by atoms with Crippen LogP contribution in [0.4, 0.5) is 10.8 Å². The zero-order valence-corrected chi connectivity index (χ0v) is 16.0. The van der Waals surface area contributed by atoms with E-state index in [1.165, 1.54) is 11.3 Å². The predicted octanol–water partition coefficient (Wildman–Crippen LogP) is 4.67. The Morgan fingerprint density at radius 2 is 1.96 bits per heavy atom. The molecule has 3 aromatic rings. The van der Waals surface area contributed by atoms with Crippen LogP contribution in [0.1, 0.15) is 5.69 Å². The summed E-state index contributed by atoms with van der Waals surface area (Å²) in [5.41, 5.74) is 1.55. The van der Waals surface area contributed by atoms with Gasteiger partial charge in [0, 0.05) is 11.1 Å². The third kappa shape index (κ3) is 5.60. The fourth-order valence-corrected chi connectivity index (χ4v) is 3.03. The number of halogens is 1. The maximum Gasteiger partial charge on any atom is 0.344 e. The summed E-state index contributed by atoms with van der Waals surface area (Å²) < 4.78 is 15.6. The van der Waals surface area contributed by atoms with Gasteiger partial charge in [0.05, 0.1) is 17.8 Å². The fourth-order valence-electron chi connectivity index (χ4n) is 2.12.